The Balaban J connectivity index is 2.49. The monoisotopic (exact) mass is 412 g/mol. The van der Waals surface area contributed by atoms with Crippen molar-refractivity contribution < 1.29 is 9.47 Å². The van der Waals surface area contributed by atoms with Gasteiger partial charge in [-0.15, -0.1) is 0 Å². The van der Waals surface area contributed by atoms with Gasteiger partial charge >= 0.3 is 0 Å². The lowest BCUT2D eigenvalue weighted by molar-refractivity contribution is 0.337. The van der Waals surface area contributed by atoms with E-state index in [1.54, 1.807) is 7.11 Å². The standard InChI is InChI=1S/C17H18Br2O2/c1-4-21-15-8-6-5-7-12(15)17(19)13-10-14(18)11(2)9-16(13)20-3/h5-10,17H,4H2,1-3H3. The van der Waals surface area contributed by atoms with Gasteiger partial charge in [-0.2, -0.15) is 0 Å². The van der Waals surface area contributed by atoms with Gasteiger partial charge in [0.15, 0.2) is 0 Å². The number of ether oxygens (including phenoxy) is 2. The van der Waals surface area contributed by atoms with Crippen LogP contribution >= 0.6 is 31.9 Å². The fourth-order valence-corrected chi connectivity index (χ4v) is 3.29. The summed E-state index contributed by atoms with van der Waals surface area (Å²) in [5.74, 6) is 1.75. The zero-order valence-corrected chi connectivity index (χ0v) is 15.5. The van der Waals surface area contributed by atoms with Crippen molar-refractivity contribution in [2.24, 2.45) is 0 Å². The average molecular weight is 414 g/mol. The molecule has 0 radical (unpaired) electrons. The highest BCUT2D eigenvalue weighted by Crippen LogP contribution is 2.42. The zero-order chi connectivity index (χ0) is 15.4. The molecule has 0 N–H and O–H groups in total. The molecule has 4 heteroatoms. The van der Waals surface area contributed by atoms with Gasteiger partial charge in [0.05, 0.1) is 18.5 Å². The fourth-order valence-electron chi connectivity index (χ4n) is 2.19. The van der Waals surface area contributed by atoms with Crippen molar-refractivity contribution in [1.29, 1.82) is 0 Å². The van der Waals surface area contributed by atoms with Gasteiger partial charge in [-0.1, -0.05) is 50.1 Å². The van der Waals surface area contributed by atoms with Crippen LogP contribution in [0.4, 0.5) is 0 Å². The van der Waals surface area contributed by atoms with Gasteiger partial charge in [0.25, 0.3) is 0 Å². The summed E-state index contributed by atoms with van der Waals surface area (Å²) in [7, 11) is 1.69. The maximum atomic E-state index is 5.72. The van der Waals surface area contributed by atoms with Crippen LogP contribution in [0.3, 0.4) is 0 Å². The second kappa shape index (κ2) is 7.32. The highest BCUT2D eigenvalue weighted by Gasteiger charge is 2.20. The van der Waals surface area contributed by atoms with Gasteiger partial charge in [0.2, 0.25) is 0 Å². The normalized spacial score (nSPS) is 12.0. The molecule has 0 heterocycles. The Kier molecular flexibility index (Phi) is 5.71. The van der Waals surface area contributed by atoms with E-state index in [2.05, 4.69) is 44.0 Å². The summed E-state index contributed by atoms with van der Waals surface area (Å²) in [6.45, 7) is 4.68. The molecule has 2 aromatic carbocycles. The summed E-state index contributed by atoms with van der Waals surface area (Å²) >= 11 is 7.38. The SMILES string of the molecule is CCOc1ccccc1C(Br)c1cc(Br)c(C)cc1OC. The first kappa shape index (κ1) is 16.4. The zero-order valence-electron chi connectivity index (χ0n) is 12.3. The van der Waals surface area contributed by atoms with Crippen LogP contribution in [-0.4, -0.2) is 13.7 Å². The Labute approximate surface area is 142 Å². The molecule has 2 nitrogen and oxygen atoms in total. The third-order valence-electron chi connectivity index (χ3n) is 3.28. The first-order valence-corrected chi connectivity index (χ1v) is 8.49. The molecule has 0 aliphatic heterocycles. The Morgan fingerprint density at radius 3 is 2.48 bits per heavy atom. The van der Waals surface area contributed by atoms with Gasteiger partial charge in [-0.3, -0.25) is 0 Å². The van der Waals surface area contributed by atoms with Gasteiger partial charge < -0.3 is 9.47 Å². The molecule has 1 atom stereocenters. The Bertz CT molecular complexity index is 626. The minimum Gasteiger partial charge on any atom is -0.496 e. The van der Waals surface area contributed by atoms with Gasteiger partial charge in [-0.05, 0) is 37.6 Å². The smallest absolute Gasteiger partial charge is 0.123 e. The quantitative estimate of drug-likeness (QED) is 0.589. The number of para-hydroxylation sites is 1. The van der Waals surface area contributed by atoms with Gasteiger partial charge in [0, 0.05) is 15.6 Å². The number of rotatable bonds is 5. The van der Waals surface area contributed by atoms with E-state index in [9.17, 15) is 0 Å². The molecular formula is C17H18Br2O2. The Morgan fingerprint density at radius 1 is 1.10 bits per heavy atom. The van der Waals surface area contributed by atoms with E-state index in [-0.39, 0.29) is 4.83 Å². The first-order valence-electron chi connectivity index (χ1n) is 6.78. The second-order valence-corrected chi connectivity index (χ2v) is 6.45. The summed E-state index contributed by atoms with van der Waals surface area (Å²) in [4.78, 5) is 0.00657. The van der Waals surface area contributed by atoms with Crippen LogP contribution in [0.15, 0.2) is 40.9 Å². The van der Waals surface area contributed by atoms with Crippen LogP contribution in [0.1, 0.15) is 28.4 Å². The number of halogens is 2. The molecule has 112 valence electrons. The van der Waals surface area contributed by atoms with Crippen LogP contribution in [0.5, 0.6) is 11.5 Å². The molecule has 0 aromatic heterocycles. The van der Waals surface area contributed by atoms with Crippen molar-refractivity contribution in [2.75, 3.05) is 13.7 Å². The van der Waals surface area contributed by atoms with E-state index >= 15 is 0 Å². The first-order chi connectivity index (χ1) is 10.1. The lowest BCUT2D eigenvalue weighted by Crippen LogP contribution is -2.02. The van der Waals surface area contributed by atoms with Crippen LogP contribution in [0, 0.1) is 6.92 Å². The molecule has 0 bridgehead atoms. The molecule has 0 amide bonds. The Hall–Kier alpha value is -1.00. The molecule has 0 saturated heterocycles. The van der Waals surface area contributed by atoms with Gasteiger partial charge in [0.1, 0.15) is 11.5 Å². The fraction of sp³-hybridized carbons (Fsp3) is 0.294. The molecule has 21 heavy (non-hydrogen) atoms. The number of aryl methyl sites for hydroxylation is 1. The van der Waals surface area contributed by atoms with Crippen molar-refractivity contribution in [3.8, 4) is 11.5 Å². The lowest BCUT2D eigenvalue weighted by Gasteiger charge is -2.19. The minimum atomic E-state index is 0.00657. The van der Waals surface area contributed by atoms with Crippen molar-refractivity contribution in [1.82, 2.24) is 0 Å². The maximum Gasteiger partial charge on any atom is 0.123 e. The van der Waals surface area contributed by atoms with Crippen LogP contribution in [0.25, 0.3) is 0 Å². The topological polar surface area (TPSA) is 18.5 Å². The molecule has 0 spiro atoms. The number of alkyl halides is 1. The van der Waals surface area contributed by atoms with Crippen molar-refractivity contribution >= 4 is 31.9 Å². The molecule has 0 fully saturated rings. The predicted octanol–water partition coefficient (Wildman–Crippen LogP) is 5.65. The molecule has 1 unspecified atom stereocenters. The summed E-state index contributed by atoms with van der Waals surface area (Å²) in [5.41, 5.74) is 3.31. The summed E-state index contributed by atoms with van der Waals surface area (Å²) in [5, 5.41) is 0. The van der Waals surface area contributed by atoms with Crippen LogP contribution < -0.4 is 9.47 Å². The largest absolute Gasteiger partial charge is 0.496 e. The summed E-state index contributed by atoms with van der Waals surface area (Å²) in [6.07, 6.45) is 0. The molecule has 0 aliphatic rings. The molecule has 0 saturated carbocycles. The number of hydrogen-bond acceptors (Lipinski definition) is 2. The average Bonchev–Trinajstić information content (AvgIpc) is 2.49. The number of benzene rings is 2. The minimum absolute atomic E-state index is 0.00657. The highest BCUT2D eigenvalue weighted by atomic mass is 79.9. The van der Waals surface area contributed by atoms with E-state index < -0.39 is 0 Å². The van der Waals surface area contributed by atoms with Crippen LogP contribution in [-0.2, 0) is 0 Å². The maximum absolute atomic E-state index is 5.72. The van der Waals surface area contributed by atoms with E-state index in [0.717, 1.165) is 32.7 Å². The van der Waals surface area contributed by atoms with E-state index in [1.165, 1.54) is 0 Å². The second-order valence-electron chi connectivity index (χ2n) is 4.68. The highest BCUT2D eigenvalue weighted by molar-refractivity contribution is 9.10. The van der Waals surface area contributed by atoms with E-state index in [4.69, 9.17) is 9.47 Å². The number of methoxy groups -OCH3 is 1. The molecule has 0 aliphatic carbocycles. The van der Waals surface area contributed by atoms with Gasteiger partial charge in [-0.25, -0.2) is 0 Å². The van der Waals surface area contributed by atoms with E-state index in [1.807, 2.05) is 38.1 Å². The molecular weight excluding hydrogens is 396 g/mol. The summed E-state index contributed by atoms with van der Waals surface area (Å²) in [6, 6.07) is 12.2. The van der Waals surface area contributed by atoms with Crippen molar-refractivity contribution in [3.63, 3.8) is 0 Å². The van der Waals surface area contributed by atoms with Crippen molar-refractivity contribution in [3.05, 3.63) is 57.6 Å². The Morgan fingerprint density at radius 2 is 1.81 bits per heavy atom. The van der Waals surface area contributed by atoms with Crippen LogP contribution in [0.2, 0.25) is 0 Å². The summed E-state index contributed by atoms with van der Waals surface area (Å²) < 4.78 is 12.3. The number of hydrogen-bond donors (Lipinski definition) is 0. The van der Waals surface area contributed by atoms with Crippen molar-refractivity contribution in [2.45, 2.75) is 18.7 Å². The lowest BCUT2D eigenvalue weighted by atomic mass is 10.0. The third-order valence-corrected chi connectivity index (χ3v) is 5.12. The molecule has 2 aromatic rings. The van der Waals surface area contributed by atoms with E-state index in [0.29, 0.717) is 6.61 Å². The molecule has 2 rings (SSSR count). The third kappa shape index (κ3) is 3.61. The predicted molar refractivity (Wildman–Crippen MR) is 93.8 cm³/mol.